The minimum atomic E-state index is 0.151. The minimum Gasteiger partial charge on any atom is -0.345 e. The predicted octanol–water partition coefficient (Wildman–Crippen LogP) is 2.97. The van der Waals surface area contributed by atoms with Crippen molar-refractivity contribution in [2.75, 3.05) is 13.1 Å². The van der Waals surface area contributed by atoms with E-state index in [9.17, 15) is 4.79 Å². The van der Waals surface area contributed by atoms with Crippen molar-refractivity contribution in [2.24, 2.45) is 0 Å². The lowest BCUT2D eigenvalue weighted by atomic mass is 10.1. The number of imidazole rings is 1. The van der Waals surface area contributed by atoms with Crippen LogP contribution in [0.15, 0.2) is 24.5 Å². The molecule has 0 radical (unpaired) electrons. The lowest BCUT2D eigenvalue weighted by Gasteiger charge is -2.24. The molecule has 1 amide bonds. The van der Waals surface area contributed by atoms with E-state index >= 15 is 0 Å². The minimum absolute atomic E-state index is 0.151. The highest BCUT2D eigenvalue weighted by molar-refractivity contribution is 5.97. The lowest BCUT2D eigenvalue weighted by Crippen LogP contribution is -2.33. The van der Waals surface area contributed by atoms with Crippen LogP contribution in [0.2, 0.25) is 0 Å². The smallest absolute Gasteiger partial charge is 0.253 e. The van der Waals surface area contributed by atoms with Gasteiger partial charge in [-0.25, -0.2) is 4.98 Å². The first kappa shape index (κ1) is 12.2. The number of rotatable bonds is 1. The standard InChI is InChI=1S/C15H19N3O/c19-15(18-8-4-2-1-3-5-9-18)12-6-7-13-14(10-12)17-11-16-13/h6-7,10-11H,1-5,8-9H2,(H,16,17). The number of likely N-dealkylation sites (tertiary alicyclic amines) is 1. The van der Waals surface area contributed by atoms with Gasteiger partial charge in [0.1, 0.15) is 0 Å². The molecule has 1 aromatic carbocycles. The summed E-state index contributed by atoms with van der Waals surface area (Å²) in [6.07, 6.45) is 7.69. The van der Waals surface area contributed by atoms with Crippen molar-refractivity contribution in [1.82, 2.24) is 14.9 Å². The molecule has 0 atom stereocenters. The van der Waals surface area contributed by atoms with Crippen LogP contribution in [0.5, 0.6) is 0 Å². The molecular formula is C15H19N3O. The highest BCUT2D eigenvalue weighted by Crippen LogP contribution is 2.16. The Kier molecular flexibility index (Phi) is 3.49. The Labute approximate surface area is 112 Å². The number of H-pyrrole nitrogens is 1. The molecule has 4 nitrogen and oxygen atoms in total. The molecule has 1 N–H and O–H groups in total. The van der Waals surface area contributed by atoms with Crippen LogP contribution in [0, 0.1) is 0 Å². The van der Waals surface area contributed by atoms with E-state index in [-0.39, 0.29) is 5.91 Å². The Balaban J connectivity index is 1.80. The average molecular weight is 257 g/mol. The first-order chi connectivity index (χ1) is 9.34. The van der Waals surface area contributed by atoms with Gasteiger partial charge in [0.15, 0.2) is 0 Å². The molecule has 0 unspecified atom stereocenters. The van der Waals surface area contributed by atoms with Crippen molar-refractivity contribution in [3.05, 3.63) is 30.1 Å². The zero-order chi connectivity index (χ0) is 13.1. The molecule has 3 rings (SSSR count). The number of aromatic amines is 1. The third-order valence-corrected chi connectivity index (χ3v) is 3.81. The Bertz CT molecular complexity index is 568. The molecule has 4 heteroatoms. The van der Waals surface area contributed by atoms with E-state index in [0.717, 1.165) is 42.5 Å². The van der Waals surface area contributed by atoms with Crippen molar-refractivity contribution in [1.29, 1.82) is 0 Å². The Morgan fingerprint density at radius 3 is 2.63 bits per heavy atom. The maximum absolute atomic E-state index is 12.5. The Morgan fingerprint density at radius 1 is 1.11 bits per heavy atom. The summed E-state index contributed by atoms with van der Waals surface area (Å²) in [5.74, 6) is 0.151. The summed E-state index contributed by atoms with van der Waals surface area (Å²) in [7, 11) is 0. The number of benzene rings is 1. The number of carbonyl (C=O) groups is 1. The molecule has 0 bridgehead atoms. The van der Waals surface area contributed by atoms with Crippen LogP contribution in [0.25, 0.3) is 11.0 Å². The molecule has 1 fully saturated rings. The summed E-state index contributed by atoms with van der Waals surface area (Å²) in [6, 6.07) is 5.69. The second kappa shape index (κ2) is 5.43. The highest BCUT2D eigenvalue weighted by atomic mass is 16.2. The number of nitrogens with one attached hydrogen (secondary N) is 1. The molecular weight excluding hydrogens is 238 g/mol. The maximum atomic E-state index is 12.5. The van der Waals surface area contributed by atoms with E-state index in [2.05, 4.69) is 9.97 Å². The number of nitrogens with zero attached hydrogens (tertiary/aromatic N) is 2. The Morgan fingerprint density at radius 2 is 1.84 bits per heavy atom. The normalized spacial score (nSPS) is 17.2. The summed E-state index contributed by atoms with van der Waals surface area (Å²) in [5.41, 5.74) is 2.60. The van der Waals surface area contributed by atoms with Gasteiger partial charge in [0.25, 0.3) is 5.91 Å². The van der Waals surface area contributed by atoms with Crippen molar-refractivity contribution in [3.63, 3.8) is 0 Å². The van der Waals surface area contributed by atoms with Crippen LogP contribution in [0.3, 0.4) is 0 Å². The Hall–Kier alpha value is -1.84. The molecule has 0 aliphatic carbocycles. The van der Waals surface area contributed by atoms with E-state index in [1.165, 1.54) is 19.3 Å². The predicted molar refractivity (Wildman–Crippen MR) is 75.1 cm³/mol. The number of hydrogen-bond acceptors (Lipinski definition) is 2. The molecule has 1 aromatic heterocycles. The zero-order valence-electron chi connectivity index (χ0n) is 11.1. The van der Waals surface area contributed by atoms with Crippen LogP contribution in [-0.2, 0) is 0 Å². The van der Waals surface area contributed by atoms with Crippen molar-refractivity contribution in [2.45, 2.75) is 32.1 Å². The molecule has 2 heterocycles. The fourth-order valence-electron chi connectivity index (χ4n) is 2.70. The summed E-state index contributed by atoms with van der Waals surface area (Å²) in [5, 5.41) is 0. The van der Waals surface area contributed by atoms with Crippen LogP contribution < -0.4 is 0 Å². The molecule has 100 valence electrons. The molecule has 1 aliphatic rings. The van der Waals surface area contributed by atoms with Gasteiger partial charge in [0.2, 0.25) is 0 Å². The monoisotopic (exact) mass is 257 g/mol. The highest BCUT2D eigenvalue weighted by Gasteiger charge is 2.17. The third kappa shape index (κ3) is 2.62. The van der Waals surface area contributed by atoms with Gasteiger partial charge in [-0.1, -0.05) is 19.3 Å². The fraction of sp³-hybridized carbons (Fsp3) is 0.467. The molecule has 1 aliphatic heterocycles. The van der Waals surface area contributed by atoms with E-state index in [1.807, 2.05) is 23.1 Å². The van der Waals surface area contributed by atoms with Crippen LogP contribution >= 0.6 is 0 Å². The van der Waals surface area contributed by atoms with E-state index in [1.54, 1.807) is 6.33 Å². The molecule has 0 saturated carbocycles. The van der Waals surface area contributed by atoms with Gasteiger partial charge in [0, 0.05) is 18.7 Å². The van der Waals surface area contributed by atoms with Gasteiger partial charge in [-0.05, 0) is 31.0 Å². The second-order valence-electron chi connectivity index (χ2n) is 5.19. The molecule has 0 spiro atoms. The quantitative estimate of drug-likeness (QED) is 0.853. The van der Waals surface area contributed by atoms with Gasteiger partial charge < -0.3 is 9.88 Å². The molecule has 1 saturated heterocycles. The van der Waals surface area contributed by atoms with E-state index < -0.39 is 0 Å². The first-order valence-electron chi connectivity index (χ1n) is 7.07. The van der Waals surface area contributed by atoms with Crippen molar-refractivity contribution < 1.29 is 4.79 Å². The number of fused-ring (bicyclic) bond motifs is 1. The van der Waals surface area contributed by atoms with Gasteiger partial charge in [-0.2, -0.15) is 0 Å². The van der Waals surface area contributed by atoms with E-state index in [0.29, 0.717) is 0 Å². The fourth-order valence-corrected chi connectivity index (χ4v) is 2.70. The SMILES string of the molecule is O=C(c1ccc2nc[nH]c2c1)N1CCCCCCC1. The second-order valence-corrected chi connectivity index (χ2v) is 5.19. The molecule has 2 aromatic rings. The van der Waals surface area contributed by atoms with Crippen LogP contribution in [0.1, 0.15) is 42.5 Å². The number of hydrogen-bond donors (Lipinski definition) is 1. The van der Waals surface area contributed by atoms with Gasteiger partial charge in [-0.3, -0.25) is 4.79 Å². The average Bonchev–Trinajstić information content (AvgIpc) is 2.84. The third-order valence-electron chi connectivity index (χ3n) is 3.81. The van der Waals surface area contributed by atoms with Crippen LogP contribution in [0.4, 0.5) is 0 Å². The summed E-state index contributed by atoms with van der Waals surface area (Å²) in [6.45, 7) is 1.78. The van der Waals surface area contributed by atoms with Crippen molar-refractivity contribution in [3.8, 4) is 0 Å². The van der Waals surface area contributed by atoms with Gasteiger partial charge in [0.05, 0.1) is 17.4 Å². The first-order valence-corrected chi connectivity index (χ1v) is 7.07. The largest absolute Gasteiger partial charge is 0.345 e. The lowest BCUT2D eigenvalue weighted by molar-refractivity contribution is 0.0742. The molecule has 19 heavy (non-hydrogen) atoms. The number of carbonyl (C=O) groups excluding carboxylic acids is 1. The maximum Gasteiger partial charge on any atom is 0.253 e. The summed E-state index contributed by atoms with van der Waals surface area (Å²) < 4.78 is 0. The number of aromatic nitrogens is 2. The summed E-state index contributed by atoms with van der Waals surface area (Å²) in [4.78, 5) is 21.8. The summed E-state index contributed by atoms with van der Waals surface area (Å²) >= 11 is 0. The topological polar surface area (TPSA) is 49.0 Å². The van der Waals surface area contributed by atoms with Crippen LogP contribution in [-0.4, -0.2) is 33.9 Å². The van der Waals surface area contributed by atoms with Gasteiger partial charge in [-0.15, -0.1) is 0 Å². The van der Waals surface area contributed by atoms with E-state index in [4.69, 9.17) is 0 Å². The van der Waals surface area contributed by atoms with Gasteiger partial charge >= 0.3 is 0 Å². The van der Waals surface area contributed by atoms with Crippen molar-refractivity contribution >= 4 is 16.9 Å². The number of amides is 1. The zero-order valence-corrected chi connectivity index (χ0v) is 11.1.